The van der Waals surface area contributed by atoms with Crippen molar-refractivity contribution >= 4 is 22.9 Å². The van der Waals surface area contributed by atoms with Crippen LogP contribution in [0.2, 0.25) is 0 Å². The highest BCUT2D eigenvalue weighted by Gasteiger charge is 2.11. The van der Waals surface area contributed by atoms with E-state index in [9.17, 15) is 9.90 Å². The van der Waals surface area contributed by atoms with Crippen molar-refractivity contribution in [1.29, 1.82) is 0 Å². The van der Waals surface area contributed by atoms with Crippen molar-refractivity contribution in [2.45, 2.75) is 6.54 Å². The van der Waals surface area contributed by atoms with Gasteiger partial charge < -0.3 is 10.0 Å². The number of nitrogen functional groups attached to an aromatic ring is 1. The molecule has 1 aromatic carbocycles. The van der Waals surface area contributed by atoms with E-state index in [4.69, 9.17) is 5.84 Å². The molecule has 0 unspecified atom stereocenters. The summed E-state index contributed by atoms with van der Waals surface area (Å²) >= 11 is 1.25. The predicted molar refractivity (Wildman–Crippen MR) is 74.0 cm³/mol. The standard InChI is InChI=1S/C12H14N4O2S/c1-16(9-2-4-10(17)5-3-9)6-8-7-19-12(14-8)11(18)15-13/h2-5,7,17H,6,13H2,1H3,(H,15,18). The van der Waals surface area contributed by atoms with E-state index in [1.54, 1.807) is 12.1 Å². The zero-order valence-electron chi connectivity index (χ0n) is 10.3. The van der Waals surface area contributed by atoms with Gasteiger partial charge in [0.25, 0.3) is 5.91 Å². The first-order valence-electron chi connectivity index (χ1n) is 5.55. The first kappa shape index (κ1) is 13.3. The number of nitrogens with zero attached hydrogens (tertiary/aromatic N) is 2. The number of nitrogens with one attached hydrogen (secondary N) is 1. The van der Waals surface area contributed by atoms with Crippen LogP contribution in [0.15, 0.2) is 29.6 Å². The molecule has 0 aliphatic rings. The number of hydrogen-bond acceptors (Lipinski definition) is 6. The van der Waals surface area contributed by atoms with Crippen molar-refractivity contribution in [3.63, 3.8) is 0 Å². The summed E-state index contributed by atoms with van der Waals surface area (Å²) in [6, 6.07) is 6.88. The maximum absolute atomic E-state index is 11.3. The van der Waals surface area contributed by atoms with Crippen LogP contribution >= 0.6 is 11.3 Å². The smallest absolute Gasteiger partial charge is 0.294 e. The maximum atomic E-state index is 11.3. The van der Waals surface area contributed by atoms with Crippen molar-refractivity contribution in [2.75, 3.05) is 11.9 Å². The molecule has 1 heterocycles. The number of carbonyl (C=O) groups is 1. The lowest BCUT2D eigenvalue weighted by molar-refractivity contribution is 0.0953. The normalized spacial score (nSPS) is 10.2. The van der Waals surface area contributed by atoms with Gasteiger partial charge in [-0.3, -0.25) is 10.2 Å². The Kier molecular flexibility index (Phi) is 3.98. The first-order valence-corrected chi connectivity index (χ1v) is 6.43. The summed E-state index contributed by atoms with van der Waals surface area (Å²) in [7, 11) is 1.91. The van der Waals surface area contributed by atoms with E-state index in [-0.39, 0.29) is 11.7 Å². The van der Waals surface area contributed by atoms with E-state index >= 15 is 0 Å². The Morgan fingerprint density at radius 2 is 2.16 bits per heavy atom. The number of hydrogen-bond donors (Lipinski definition) is 3. The summed E-state index contributed by atoms with van der Waals surface area (Å²) in [6.45, 7) is 0.569. The first-order chi connectivity index (χ1) is 9.10. The number of anilines is 1. The highest BCUT2D eigenvalue weighted by Crippen LogP contribution is 2.19. The van der Waals surface area contributed by atoms with Crippen LogP contribution in [0.4, 0.5) is 5.69 Å². The second-order valence-electron chi connectivity index (χ2n) is 3.99. The third kappa shape index (κ3) is 3.21. The highest BCUT2D eigenvalue weighted by atomic mass is 32.1. The predicted octanol–water partition coefficient (Wildman–Crippen LogP) is 1.09. The zero-order valence-corrected chi connectivity index (χ0v) is 11.1. The lowest BCUT2D eigenvalue weighted by atomic mass is 10.3. The Balaban J connectivity index is 2.06. The Bertz CT molecular complexity index is 567. The molecule has 0 saturated carbocycles. The molecule has 0 aliphatic heterocycles. The number of benzene rings is 1. The SMILES string of the molecule is CN(Cc1csc(C(=O)NN)n1)c1ccc(O)cc1. The second kappa shape index (κ2) is 5.68. The molecule has 1 amide bonds. The van der Waals surface area contributed by atoms with E-state index in [0.717, 1.165) is 11.4 Å². The largest absolute Gasteiger partial charge is 0.508 e. The van der Waals surface area contributed by atoms with E-state index in [1.165, 1.54) is 11.3 Å². The summed E-state index contributed by atoms with van der Waals surface area (Å²) < 4.78 is 0. The van der Waals surface area contributed by atoms with Crippen LogP contribution in [-0.4, -0.2) is 23.0 Å². The van der Waals surface area contributed by atoms with Gasteiger partial charge in [0.05, 0.1) is 12.2 Å². The van der Waals surface area contributed by atoms with Gasteiger partial charge in [0.15, 0.2) is 5.01 Å². The fourth-order valence-corrected chi connectivity index (χ4v) is 2.30. The van der Waals surface area contributed by atoms with Crippen molar-refractivity contribution in [1.82, 2.24) is 10.4 Å². The number of amides is 1. The van der Waals surface area contributed by atoms with Crippen molar-refractivity contribution < 1.29 is 9.90 Å². The van der Waals surface area contributed by atoms with Gasteiger partial charge in [-0.2, -0.15) is 0 Å². The van der Waals surface area contributed by atoms with Crippen LogP contribution in [0, 0.1) is 0 Å². The number of hydrazine groups is 1. The molecule has 6 nitrogen and oxygen atoms in total. The molecule has 100 valence electrons. The number of rotatable bonds is 4. The number of phenolic OH excluding ortho intramolecular Hbond substituents is 1. The summed E-state index contributed by atoms with van der Waals surface area (Å²) in [5, 5.41) is 11.4. The fourth-order valence-electron chi connectivity index (χ4n) is 1.59. The number of carbonyl (C=O) groups excluding carboxylic acids is 1. The molecule has 0 spiro atoms. The molecular weight excluding hydrogens is 264 g/mol. The zero-order chi connectivity index (χ0) is 13.8. The van der Waals surface area contributed by atoms with Crippen LogP contribution in [-0.2, 0) is 6.54 Å². The van der Waals surface area contributed by atoms with Gasteiger partial charge in [-0.25, -0.2) is 10.8 Å². The lowest BCUT2D eigenvalue weighted by Crippen LogP contribution is -2.29. The molecule has 0 aliphatic carbocycles. The van der Waals surface area contributed by atoms with Crippen LogP contribution < -0.4 is 16.2 Å². The monoisotopic (exact) mass is 278 g/mol. The van der Waals surface area contributed by atoms with Gasteiger partial charge in [-0.15, -0.1) is 11.3 Å². The summed E-state index contributed by atoms with van der Waals surface area (Å²) in [5.74, 6) is 4.90. The van der Waals surface area contributed by atoms with Gasteiger partial charge in [-0.05, 0) is 24.3 Å². The van der Waals surface area contributed by atoms with Gasteiger partial charge in [0, 0.05) is 18.1 Å². The molecule has 0 saturated heterocycles. The van der Waals surface area contributed by atoms with Gasteiger partial charge in [-0.1, -0.05) is 0 Å². The summed E-state index contributed by atoms with van der Waals surface area (Å²) in [5.41, 5.74) is 3.80. The van der Waals surface area contributed by atoms with Crippen molar-refractivity contribution in [3.8, 4) is 5.75 Å². The molecular formula is C12H14N4O2S. The quantitative estimate of drug-likeness (QED) is 0.442. The maximum Gasteiger partial charge on any atom is 0.294 e. The molecule has 2 aromatic rings. The molecule has 2 rings (SSSR count). The fraction of sp³-hybridized carbons (Fsp3) is 0.167. The Morgan fingerprint density at radius 3 is 2.79 bits per heavy atom. The summed E-state index contributed by atoms with van der Waals surface area (Å²) in [6.07, 6.45) is 0. The third-order valence-corrected chi connectivity index (χ3v) is 3.46. The molecule has 0 radical (unpaired) electrons. The Hall–Kier alpha value is -2.12. The molecule has 0 bridgehead atoms. The molecule has 4 N–H and O–H groups in total. The van der Waals surface area contributed by atoms with E-state index in [2.05, 4.69) is 10.4 Å². The number of nitrogens with two attached hydrogens (primary N) is 1. The minimum Gasteiger partial charge on any atom is -0.508 e. The topological polar surface area (TPSA) is 91.5 Å². The molecule has 0 fully saturated rings. The average Bonchev–Trinajstić information content (AvgIpc) is 2.87. The van der Waals surface area contributed by atoms with Crippen LogP contribution in [0.1, 0.15) is 15.5 Å². The minimum atomic E-state index is -0.386. The van der Waals surface area contributed by atoms with E-state index in [1.807, 2.05) is 29.5 Å². The lowest BCUT2D eigenvalue weighted by Gasteiger charge is -2.17. The number of phenols is 1. The van der Waals surface area contributed by atoms with Crippen molar-refractivity contribution in [3.05, 3.63) is 40.3 Å². The molecule has 7 heteroatoms. The average molecular weight is 278 g/mol. The summed E-state index contributed by atoms with van der Waals surface area (Å²) in [4.78, 5) is 17.5. The van der Waals surface area contributed by atoms with Crippen LogP contribution in [0.5, 0.6) is 5.75 Å². The van der Waals surface area contributed by atoms with E-state index in [0.29, 0.717) is 11.6 Å². The van der Waals surface area contributed by atoms with Gasteiger partial charge >= 0.3 is 0 Å². The number of aromatic hydroxyl groups is 1. The molecule has 1 aromatic heterocycles. The van der Waals surface area contributed by atoms with Gasteiger partial charge in [0.2, 0.25) is 0 Å². The van der Waals surface area contributed by atoms with Crippen molar-refractivity contribution in [2.24, 2.45) is 5.84 Å². The Morgan fingerprint density at radius 1 is 1.47 bits per heavy atom. The van der Waals surface area contributed by atoms with Gasteiger partial charge in [0.1, 0.15) is 5.75 Å². The second-order valence-corrected chi connectivity index (χ2v) is 4.85. The van der Waals surface area contributed by atoms with Crippen LogP contribution in [0.25, 0.3) is 0 Å². The molecule has 0 atom stereocenters. The third-order valence-electron chi connectivity index (χ3n) is 2.57. The van der Waals surface area contributed by atoms with E-state index < -0.39 is 0 Å². The molecule has 19 heavy (non-hydrogen) atoms. The number of aromatic nitrogens is 1. The van der Waals surface area contributed by atoms with Crippen LogP contribution in [0.3, 0.4) is 0 Å². The Labute approximate surface area is 114 Å². The number of thiazole rings is 1. The minimum absolute atomic E-state index is 0.229. The highest BCUT2D eigenvalue weighted by molar-refractivity contribution is 7.11.